The van der Waals surface area contributed by atoms with Crippen LogP contribution in [-0.4, -0.2) is 62.4 Å². The zero-order valence-electron chi connectivity index (χ0n) is 19.4. The second-order valence-corrected chi connectivity index (χ2v) is 10.4. The number of nitrogens with zero attached hydrogens (tertiary/aromatic N) is 1. The Bertz CT molecular complexity index is 1410. The van der Waals surface area contributed by atoms with Crippen LogP contribution in [0.3, 0.4) is 0 Å². The minimum absolute atomic E-state index is 0.0239. The van der Waals surface area contributed by atoms with E-state index in [1.165, 1.54) is 0 Å². The molecule has 0 radical (unpaired) electrons. The van der Waals surface area contributed by atoms with Crippen molar-refractivity contribution in [3.05, 3.63) is 58.7 Å². The molecule has 0 unspecified atom stereocenters. The molecule has 0 saturated carbocycles. The van der Waals surface area contributed by atoms with Crippen molar-refractivity contribution in [3.8, 4) is 5.75 Å². The van der Waals surface area contributed by atoms with Gasteiger partial charge in [0.05, 0.1) is 23.1 Å². The molecule has 3 rings (SSSR count). The van der Waals surface area contributed by atoms with Crippen molar-refractivity contribution >= 4 is 60.3 Å². The zero-order chi connectivity index (χ0) is 27.7. The number of carbonyl (C=O) groups is 1. The molecular weight excluding hydrogens is 538 g/mol. The molecule has 0 spiro atoms. The van der Waals surface area contributed by atoms with Gasteiger partial charge in [0.1, 0.15) is 18.1 Å². The number of nitrogen functional groups attached to an aromatic ring is 1. The van der Waals surface area contributed by atoms with E-state index in [0.29, 0.717) is 39.9 Å². The number of nitrogens with one attached hydrogen (secondary N) is 2. The van der Waals surface area contributed by atoms with Gasteiger partial charge in [-0.3, -0.25) is 13.9 Å². The number of benzene rings is 2. The van der Waals surface area contributed by atoms with Crippen LogP contribution in [0.15, 0.2) is 47.5 Å². The zero-order valence-corrected chi connectivity index (χ0v) is 21.8. The van der Waals surface area contributed by atoms with Gasteiger partial charge in [0, 0.05) is 23.7 Å². The van der Waals surface area contributed by atoms with E-state index in [1.807, 2.05) is 24.3 Å². The van der Waals surface area contributed by atoms with Crippen LogP contribution >= 0.6 is 11.6 Å². The number of guanidine groups is 1. The summed E-state index contributed by atoms with van der Waals surface area (Å²) in [7, 11) is -5.75. The normalized spacial score (nSPS) is 11.6. The Labute approximate surface area is 213 Å². The average Bonchev–Trinajstić information content (AvgIpc) is 3.19. The number of anilines is 1. The standard InChI is InChI=1S/C18H18ClN5O2.2CH4O3S/c1-22-18(21)24-17(25)14-8-11-12(19)6-7-15(16(11)23-14)26-9-10-4-2-3-5-13(10)20;2*1-5(2,3)4/h2-8,23H,9,20H2,1H3,(H3,21,22,24,25);2*1H3,(H,2,3,4). The summed E-state index contributed by atoms with van der Waals surface area (Å²) in [6, 6.07) is 12.5. The maximum atomic E-state index is 12.2. The number of H-pyrrole nitrogens is 1. The first-order chi connectivity index (χ1) is 16.5. The molecule has 1 heterocycles. The summed E-state index contributed by atoms with van der Waals surface area (Å²) in [6.45, 7) is 0.288. The van der Waals surface area contributed by atoms with Gasteiger partial charge >= 0.3 is 0 Å². The highest BCUT2D eigenvalue weighted by molar-refractivity contribution is 7.85. The van der Waals surface area contributed by atoms with Gasteiger partial charge in [-0.2, -0.15) is 21.8 Å². The lowest BCUT2D eigenvalue weighted by Gasteiger charge is -2.09. The number of hydrogen-bond donors (Lipinski definition) is 6. The van der Waals surface area contributed by atoms with E-state index in [0.717, 1.165) is 5.56 Å². The molecule has 198 valence electrons. The van der Waals surface area contributed by atoms with Gasteiger partial charge in [-0.05, 0) is 24.3 Å². The molecule has 3 aromatic rings. The number of aliphatic imine (C=N–C) groups is 1. The molecule has 0 fully saturated rings. The molecule has 36 heavy (non-hydrogen) atoms. The average molecular weight is 564 g/mol. The van der Waals surface area contributed by atoms with E-state index in [4.69, 9.17) is 36.9 Å². The molecule has 0 saturated heterocycles. The number of carbonyl (C=O) groups excluding carboxylic acids is 1. The lowest BCUT2D eigenvalue weighted by atomic mass is 10.2. The van der Waals surface area contributed by atoms with Crippen molar-refractivity contribution in [2.45, 2.75) is 6.61 Å². The van der Waals surface area contributed by atoms with Crippen LogP contribution in [0.1, 0.15) is 16.1 Å². The van der Waals surface area contributed by atoms with Crippen LogP contribution in [0.2, 0.25) is 5.02 Å². The van der Waals surface area contributed by atoms with E-state index < -0.39 is 26.1 Å². The summed E-state index contributed by atoms with van der Waals surface area (Å²) in [5.74, 6) is 0.0652. The fourth-order valence-corrected chi connectivity index (χ4v) is 2.65. The van der Waals surface area contributed by atoms with E-state index in [-0.39, 0.29) is 18.3 Å². The molecule has 8 N–H and O–H groups in total. The van der Waals surface area contributed by atoms with Gasteiger partial charge in [0.15, 0.2) is 5.96 Å². The molecule has 1 amide bonds. The summed E-state index contributed by atoms with van der Waals surface area (Å²) < 4.78 is 57.6. The highest BCUT2D eigenvalue weighted by Gasteiger charge is 2.15. The largest absolute Gasteiger partial charge is 0.487 e. The van der Waals surface area contributed by atoms with Crippen LogP contribution in [-0.2, 0) is 26.8 Å². The molecule has 13 nitrogen and oxygen atoms in total. The Morgan fingerprint density at radius 2 is 1.67 bits per heavy atom. The van der Waals surface area contributed by atoms with E-state index in [9.17, 15) is 21.6 Å². The highest BCUT2D eigenvalue weighted by atomic mass is 35.5. The summed E-state index contributed by atoms with van der Waals surface area (Å²) in [5.41, 5.74) is 13.9. The molecule has 1 aromatic heterocycles. The van der Waals surface area contributed by atoms with Crippen LogP contribution < -0.4 is 21.5 Å². The third kappa shape index (κ3) is 11.9. The van der Waals surface area contributed by atoms with E-state index in [2.05, 4.69) is 15.3 Å². The fraction of sp³-hybridized carbons (Fsp3) is 0.200. The minimum atomic E-state index is -3.67. The summed E-state index contributed by atoms with van der Waals surface area (Å²) in [5, 5.41) is 3.75. The Kier molecular flexibility index (Phi) is 11.1. The monoisotopic (exact) mass is 563 g/mol. The number of ether oxygens (including phenoxy) is 1. The van der Waals surface area contributed by atoms with Crippen LogP contribution in [0.25, 0.3) is 10.9 Å². The second-order valence-electron chi connectivity index (χ2n) is 7.02. The van der Waals surface area contributed by atoms with E-state index >= 15 is 0 Å². The Morgan fingerprint density at radius 3 is 2.19 bits per heavy atom. The van der Waals surface area contributed by atoms with Gasteiger partial charge in [-0.1, -0.05) is 29.8 Å². The van der Waals surface area contributed by atoms with Crippen molar-refractivity contribution in [3.63, 3.8) is 0 Å². The quantitative estimate of drug-likeness (QED) is 0.116. The lowest BCUT2D eigenvalue weighted by molar-refractivity contribution is 0.0998. The topological polar surface area (TPSA) is 227 Å². The van der Waals surface area contributed by atoms with Crippen LogP contribution in [0.4, 0.5) is 5.69 Å². The number of para-hydroxylation sites is 1. The Hall–Kier alpha value is -3.37. The number of amides is 1. The number of nitrogens with two attached hydrogens (primary N) is 2. The van der Waals surface area contributed by atoms with Crippen molar-refractivity contribution < 1.29 is 35.5 Å². The second kappa shape index (κ2) is 13.1. The third-order valence-corrected chi connectivity index (χ3v) is 4.18. The fourth-order valence-electron chi connectivity index (χ4n) is 2.44. The number of aromatic nitrogens is 1. The minimum Gasteiger partial charge on any atom is -0.487 e. The third-order valence-electron chi connectivity index (χ3n) is 3.85. The van der Waals surface area contributed by atoms with Gasteiger partial charge in [-0.25, -0.2) is 0 Å². The number of halogens is 1. The van der Waals surface area contributed by atoms with Crippen molar-refractivity contribution in [2.75, 3.05) is 25.3 Å². The molecule has 16 heteroatoms. The molecule has 0 atom stereocenters. The molecule has 0 aliphatic rings. The summed E-state index contributed by atoms with van der Waals surface area (Å²) in [6.07, 6.45) is 1.43. The maximum absolute atomic E-state index is 12.2. The smallest absolute Gasteiger partial charge is 0.296 e. The van der Waals surface area contributed by atoms with Gasteiger partial charge in [-0.15, -0.1) is 0 Å². The van der Waals surface area contributed by atoms with Gasteiger partial charge < -0.3 is 26.5 Å². The Balaban J connectivity index is 0.000000550. The van der Waals surface area contributed by atoms with Crippen molar-refractivity contribution in [1.29, 1.82) is 0 Å². The maximum Gasteiger partial charge on any atom is 0.296 e. The first kappa shape index (κ1) is 30.7. The number of fused-ring (bicyclic) bond motifs is 1. The molecular formula is C20H26ClN5O8S2. The number of aromatic amines is 1. The molecule has 0 aliphatic carbocycles. The van der Waals surface area contributed by atoms with Crippen molar-refractivity contribution in [2.24, 2.45) is 10.7 Å². The predicted molar refractivity (Wildman–Crippen MR) is 138 cm³/mol. The lowest BCUT2D eigenvalue weighted by Crippen LogP contribution is -2.28. The summed E-state index contributed by atoms with van der Waals surface area (Å²) >= 11 is 6.24. The highest BCUT2D eigenvalue weighted by Crippen LogP contribution is 2.32. The Morgan fingerprint density at radius 1 is 1.11 bits per heavy atom. The van der Waals surface area contributed by atoms with E-state index in [1.54, 1.807) is 25.2 Å². The molecule has 2 aromatic carbocycles. The predicted octanol–water partition coefficient (Wildman–Crippen LogP) is 1.66. The van der Waals surface area contributed by atoms with Crippen molar-refractivity contribution in [1.82, 2.24) is 10.3 Å². The SMILES string of the molecule is CNC(N)=NC(=O)c1cc2c(Cl)ccc(OCc3ccccc3N)c2[nH]1.CS(=O)(=O)O.CS(=O)(=O)O. The van der Waals surface area contributed by atoms with Gasteiger partial charge in [0.25, 0.3) is 26.1 Å². The first-order valence-electron chi connectivity index (χ1n) is 9.68. The summed E-state index contributed by atoms with van der Waals surface area (Å²) in [4.78, 5) is 18.9. The van der Waals surface area contributed by atoms with Crippen LogP contribution in [0.5, 0.6) is 5.75 Å². The number of hydrogen-bond acceptors (Lipinski definition) is 7. The molecule has 0 bridgehead atoms. The molecule has 0 aliphatic heterocycles. The number of rotatable bonds is 4. The van der Waals surface area contributed by atoms with Crippen LogP contribution in [0, 0.1) is 0 Å². The first-order valence-corrected chi connectivity index (χ1v) is 13.8. The van der Waals surface area contributed by atoms with Gasteiger partial charge in [0.2, 0.25) is 0 Å².